The minimum Gasteiger partial charge on any atom is -0.507 e. The molecule has 3 heterocycles. The van der Waals surface area contributed by atoms with Crippen molar-refractivity contribution >= 4 is 17.5 Å². The Labute approximate surface area is 304 Å². The monoisotopic (exact) mass is 743 g/mol. The molecule has 2 saturated heterocycles. The average molecular weight is 744 g/mol. The van der Waals surface area contributed by atoms with E-state index in [0.29, 0.717) is 0 Å². The standard InChI is InChI=1S/C37H45NO15/c1-13-30(43)36(3,47)32(48-7)34(50-13)51-19-12-35(2,46)25(33(45)49-8)14-9-15-22(27(41)21(14)19)28(42)23-18(39)10-16-29(24(23)26(15)40)52-20-11-17(38(5)6)31(44)37(16,4)53-20/h9-10,13,17,19-20,25,30-32,34,39,41,43-44,46-47H,11-12H2,1-8H3/t13-,17-,19?,20-,25?,30-,31-,32-,34-,35-,36+,37+/m0/s1. The van der Waals surface area contributed by atoms with E-state index in [0.717, 1.165) is 7.11 Å². The van der Waals surface area contributed by atoms with Crippen LogP contribution in [0.1, 0.15) is 101 Å². The molecule has 288 valence electrons. The highest BCUT2D eigenvalue weighted by atomic mass is 16.7. The number of likely N-dealkylation sites (N-methyl/N-ethyl adjacent to an activating group) is 1. The summed E-state index contributed by atoms with van der Waals surface area (Å²) in [4.78, 5) is 44.3. The van der Waals surface area contributed by atoms with Gasteiger partial charge in [0.05, 0.1) is 41.6 Å². The van der Waals surface area contributed by atoms with E-state index in [-0.39, 0.29) is 46.4 Å². The third-order valence-electron chi connectivity index (χ3n) is 11.8. The number of phenolic OH excluding ortho intramolecular Hbond substituents is 2. The maximum absolute atomic E-state index is 14.7. The van der Waals surface area contributed by atoms with Gasteiger partial charge in [-0.2, -0.15) is 0 Å². The molecule has 0 spiro atoms. The van der Waals surface area contributed by atoms with Gasteiger partial charge < -0.3 is 64.0 Å². The molecule has 3 aliphatic heterocycles. The van der Waals surface area contributed by atoms with E-state index in [9.17, 15) is 45.0 Å². The van der Waals surface area contributed by atoms with E-state index in [1.165, 1.54) is 40.0 Å². The normalized spacial score (nSPS) is 38.7. The van der Waals surface area contributed by atoms with Gasteiger partial charge in [-0.25, -0.2) is 0 Å². The van der Waals surface area contributed by atoms with Crippen LogP contribution in [0.3, 0.4) is 0 Å². The molecule has 2 bridgehead atoms. The van der Waals surface area contributed by atoms with Crippen LogP contribution in [0.25, 0.3) is 0 Å². The fraction of sp³-hybridized carbons (Fsp3) is 0.595. The van der Waals surface area contributed by atoms with Crippen molar-refractivity contribution in [2.75, 3.05) is 28.3 Å². The second kappa shape index (κ2) is 12.4. The molecule has 12 atom stereocenters. The lowest BCUT2D eigenvalue weighted by molar-refractivity contribution is -0.338. The predicted octanol–water partition coefficient (Wildman–Crippen LogP) is 0.859. The van der Waals surface area contributed by atoms with E-state index in [1.54, 1.807) is 21.0 Å². The second-order valence-corrected chi connectivity index (χ2v) is 15.5. The lowest BCUT2D eigenvalue weighted by Gasteiger charge is -2.52. The van der Waals surface area contributed by atoms with Crippen molar-refractivity contribution in [3.8, 4) is 17.2 Å². The van der Waals surface area contributed by atoms with Crippen LogP contribution in [0.5, 0.6) is 17.2 Å². The Morgan fingerprint density at radius 1 is 0.981 bits per heavy atom. The molecule has 16 nitrogen and oxygen atoms in total. The van der Waals surface area contributed by atoms with Gasteiger partial charge in [-0.3, -0.25) is 14.4 Å². The van der Waals surface area contributed by atoms with Gasteiger partial charge in [0.25, 0.3) is 0 Å². The van der Waals surface area contributed by atoms with Crippen molar-refractivity contribution in [1.29, 1.82) is 0 Å². The van der Waals surface area contributed by atoms with Gasteiger partial charge in [0.15, 0.2) is 12.1 Å². The van der Waals surface area contributed by atoms with Crippen molar-refractivity contribution in [3.05, 3.63) is 51.1 Å². The van der Waals surface area contributed by atoms with E-state index in [4.69, 9.17) is 28.4 Å². The summed E-state index contributed by atoms with van der Waals surface area (Å²) >= 11 is 0. The van der Waals surface area contributed by atoms with E-state index in [1.807, 2.05) is 4.90 Å². The van der Waals surface area contributed by atoms with E-state index >= 15 is 0 Å². The van der Waals surface area contributed by atoms with Crippen LogP contribution in [0.15, 0.2) is 12.1 Å². The molecule has 0 aromatic heterocycles. The molecule has 2 unspecified atom stereocenters. The quantitative estimate of drug-likeness (QED) is 0.199. The number of methoxy groups -OCH3 is 2. The van der Waals surface area contributed by atoms with Crippen LogP contribution in [0, 0.1) is 0 Å². The number of fused-ring (bicyclic) bond motifs is 8. The van der Waals surface area contributed by atoms with Gasteiger partial charge in [0.1, 0.15) is 52.7 Å². The molecule has 0 amide bonds. The molecule has 6 N–H and O–H groups in total. The van der Waals surface area contributed by atoms with Crippen molar-refractivity contribution in [2.45, 2.75) is 112 Å². The molecular weight excluding hydrogens is 698 g/mol. The number of hydrogen-bond acceptors (Lipinski definition) is 16. The largest absolute Gasteiger partial charge is 0.507 e. The number of benzene rings is 2. The first kappa shape index (κ1) is 37.6. The number of rotatable bonds is 5. The maximum Gasteiger partial charge on any atom is 0.316 e. The van der Waals surface area contributed by atoms with E-state index in [2.05, 4.69) is 0 Å². The second-order valence-electron chi connectivity index (χ2n) is 15.5. The zero-order valence-electron chi connectivity index (χ0n) is 30.6. The van der Waals surface area contributed by atoms with Gasteiger partial charge in [0, 0.05) is 42.7 Å². The number of carbonyl (C=O) groups is 3. The van der Waals surface area contributed by atoms with Crippen molar-refractivity contribution < 1.29 is 73.4 Å². The zero-order chi connectivity index (χ0) is 38.9. The first-order valence-corrected chi connectivity index (χ1v) is 17.3. The number of ether oxygens (including phenoxy) is 6. The van der Waals surface area contributed by atoms with Crippen molar-refractivity contribution in [2.24, 2.45) is 0 Å². The minimum atomic E-state index is -1.93. The van der Waals surface area contributed by atoms with Gasteiger partial charge in [0.2, 0.25) is 12.1 Å². The molecular formula is C37H45NO15. The molecule has 2 aromatic rings. The van der Waals surface area contributed by atoms with Crippen LogP contribution in [0.2, 0.25) is 0 Å². The number of ketones is 2. The fourth-order valence-corrected chi connectivity index (χ4v) is 8.98. The van der Waals surface area contributed by atoms with Gasteiger partial charge in [-0.1, -0.05) is 0 Å². The highest BCUT2D eigenvalue weighted by Gasteiger charge is 2.58. The van der Waals surface area contributed by atoms with Crippen LogP contribution in [-0.4, -0.2) is 136 Å². The summed E-state index contributed by atoms with van der Waals surface area (Å²) in [5.41, 5.74) is -6.97. The van der Waals surface area contributed by atoms with E-state index < -0.39 is 112 Å². The Morgan fingerprint density at radius 2 is 1.66 bits per heavy atom. The molecule has 0 radical (unpaired) electrons. The topological polar surface area (TPSA) is 231 Å². The summed E-state index contributed by atoms with van der Waals surface area (Å²) < 4.78 is 35.0. The molecule has 0 saturated carbocycles. The highest BCUT2D eigenvalue weighted by molar-refractivity contribution is 6.31. The highest BCUT2D eigenvalue weighted by Crippen LogP contribution is 2.56. The number of nitrogens with zero attached hydrogens (tertiary/aromatic N) is 1. The summed E-state index contributed by atoms with van der Waals surface area (Å²) in [7, 11) is 5.96. The zero-order valence-corrected chi connectivity index (χ0v) is 30.6. The Hall–Kier alpha value is -3.71. The SMILES string of the molecule is COC(=O)C1c2cc3c(c(O)c2C(O[C@@H]2O[C@@H](C)[C@H](O)[C@@](C)(O)[C@H]2OC)C[C@]1(C)O)C(=O)c1c(O)cc2c(c1C3=O)O[C@@H]1C[C@H](N(C)C)[C@H](O)[C@]2(C)O1. The first-order chi connectivity index (χ1) is 24.7. The summed E-state index contributed by atoms with van der Waals surface area (Å²) in [6.07, 6.45) is -8.59. The number of phenols is 2. The fourth-order valence-electron chi connectivity index (χ4n) is 8.98. The smallest absolute Gasteiger partial charge is 0.316 e. The Morgan fingerprint density at radius 3 is 2.28 bits per heavy atom. The maximum atomic E-state index is 14.7. The Balaban J connectivity index is 1.40. The summed E-state index contributed by atoms with van der Waals surface area (Å²) in [6, 6.07) is 2.01. The number of hydrogen-bond donors (Lipinski definition) is 6. The molecule has 7 rings (SSSR count). The third kappa shape index (κ3) is 5.26. The van der Waals surface area contributed by atoms with Crippen LogP contribution >= 0.6 is 0 Å². The summed E-state index contributed by atoms with van der Waals surface area (Å²) in [5, 5.41) is 68.6. The van der Waals surface area contributed by atoms with Gasteiger partial charge in [-0.15, -0.1) is 0 Å². The number of esters is 1. The van der Waals surface area contributed by atoms with Gasteiger partial charge >= 0.3 is 5.97 Å². The molecule has 2 aromatic carbocycles. The number of carbonyl (C=O) groups excluding carboxylic acids is 3. The lowest BCUT2D eigenvalue weighted by Crippen LogP contribution is -2.65. The van der Waals surface area contributed by atoms with Gasteiger partial charge in [-0.05, 0) is 59.5 Å². The van der Waals surface area contributed by atoms with Crippen molar-refractivity contribution in [1.82, 2.24) is 4.90 Å². The first-order valence-electron chi connectivity index (χ1n) is 17.3. The number of aliphatic hydroxyl groups excluding tert-OH is 2. The average Bonchev–Trinajstić information content (AvgIpc) is 3.07. The number of aliphatic hydroxyl groups is 4. The molecule has 2 fully saturated rings. The summed E-state index contributed by atoms with van der Waals surface area (Å²) in [5.74, 6) is -5.64. The van der Waals surface area contributed by atoms with Crippen molar-refractivity contribution in [3.63, 3.8) is 0 Å². The molecule has 2 aliphatic carbocycles. The number of aromatic hydroxyl groups is 2. The molecule has 16 heteroatoms. The lowest BCUT2D eigenvalue weighted by atomic mass is 9.68. The van der Waals surface area contributed by atoms with Crippen LogP contribution < -0.4 is 4.74 Å². The Kier molecular flexibility index (Phi) is 8.80. The summed E-state index contributed by atoms with van der Waals surface area (Å²) in [6.45, 7) is 5.79. The molecule has 5 aliphatic rings. The van der Waals surface area contributed by atoms with Crippen LogP contribution in [0.4, 0.5) is 0 Å². The minimum absolute atomic E-state index is 0.0739. The Bertz CT molecular complexity index is 1910. The van der Waals surface area contributed by atoms with Crippen LogP contribution in [-0.2, 0) is 34.1 Å². The third-order valence-corrected chi connectivity index (χ3v) is 11.8. The molecule has 53 heavy (non-hydrogen) atoms. The predicted molar refractivity (Wildman–Crippen MR) is 180 cm³/mol.